The third-order valence-corrected chi connectivity index (χ3v) is 10.9. The number of ether oxygens (including phenoxy) is 3. The zero-order chi connectivity index (χ0) is 32.9. The lowest BCUT2D eigenvalue weighted by Crippen LogP contribution is -2.53. The fraction of sp³-hybridized carbons (Fsp3) is 0.639. The van der Waals surface area contributed by atoms with Gasteiger partial charge in [0.15, 0.2) is 13.9 Å². The van der Waals surface area contributed by atoms with Crippen LogP contribution in [-0.4, -0.2) is 59.0 Å². The van der Waals surface area contributed by atoms with Gasteiger partial charge < -0.3 is 18.6 Å². The highest BCUT2D eigenvalue weighted by Crippen LogP contribution is 2.45. The Bertz CT molecular complexity index is 1300. The van der Waals surface area contributed by atoms with Gasteiger partial charge in [0.05, 0.1) is 11.7 Å². The summed E-state index contributed by atoms with van der Waals surface area (Å²) in [5.41, 5.74) is 0.514. The first-order chi connectivity index (χ1) is 21.2. The van der Waals surface area contributed by atoms with Gasteiger partial charge in [-0.1, -0.05) is 62.2 Å². The van der Waals surface area contributed by atoms with Gasteiger partial charge in [0.25, 0.3) is 5.17 Å². The average molecular weight is 655 g/mol. The number of benzene rings is 1. The fourth-order valence-electron chi connectivity index (χ4n) is 7.13. The minimum Gasteiger partial charge on any atom is -0.467 e. The molecule has 2 aromatic rings. The van der Waals surface area contributed by atoms with E-state index in [1.54, 1.807) is 23.3 Å². The molecule has 0 bridgehead atoms. The van der Waals surface area contributed by atoms with Crippen molar-refractivity contribution in [1.29, 1.82) is 0 Å². The Labute approximate surface area is 277 Å². The number of aromatic nitrogens is 2. The Morgan fingerprint density at radius 1 is 1.13 bits per heavy atom. The van der Waals surface area contributed by atoms with Crippen molar-refractivity contribution in [3.8, 4) is 0 Å². The molecule has 0 unspecified atom stereocenters. The van der Waals surface area contributed by atoms with E-state index in [9.17, 15) is 4.79 Å². The van der Waals surface area contributed by atoms with Gasteiger partial charge >= 0.3 is 5.97 Å². The number of carbonyl (C=O) groups excluding carboxylic acids is 1. The van der Waals surface area contributed by atoms with Crippen molar-refractivity contribution >= 4 is 31.7 Å². The summed E-state index contributed by atoms with van der Waals surface area (Å²) in [7, 11) is -1.96. The van der Waals surface area contributed by atoms with Crippen LogP contribution in [0, 0.1) is 5.92 Å². The molecule has 0 amide bonds. The van der Waals surface area contributed by atoms with Crippen LogP contribution in [0.5, 0.6) is 0 Å². The second kappa shape index (κ2) is 14.6. The van der Waals surface area contributed by atoms with E-state index in [0.29, 0.717) is 12.8 Å². The van der Waals surface area contributed by atoms with Crippen LogP contribution in [-0.2, 0) is 28.8 Å². The van der Waals surface area contributed by atoms with Gasteiger partial charge in [-0.05, 0) is 109 Å². The summed E-state index contributed by atoms with van der Waals surface area (Å²) in [6.07, 6.45) is 13.5. The van der Waals surface area contributed by atoms with Crippen LogP contribution in [0.2, 0.25) is 19.6 Å². The number of imidazole rings is 1. The van der Waals surface area contributed by atoms with E-state index in [2.05, 4.69) is 89.6 Å². The Kier molecular flexibility index (Phi) is 11.5. The molecule has 1 saturated heterocycles. The van der Waals surface area contributed by atoms with Crippen LogP contribution in [0.4, 0.5) is 0 Å². The molecule has 2 heterocycles. The molecule has 1 aromatic carbocycles. The summed E-state index contributed by atoms with van der Waals surface area (Å²) in [6, 6.07) is 10.6. The van der Waals surface area contributed by atoms with E-state index < -0.39 is 19.5 Å². The molecular weight excluding hydrogens is 601 g/mol. The summed E-state index contributed by atoms with van der Waals surface area (Å²) in [4.78, 5) is 18.6. The predicted octanol–water partition coefficient (Wildman–Crippen LogP) is 8.39. The van der Waals surface area contributed by atoms with Crippen molar-refractivity contribution in [2.45, 2.75) is 134 Å². The molecule has 1 aliphatic heterocycles. The lowest BCUT2D eigenvalue weighted by atomic mass is 9.66. The number of thiocarbonyl (C=S) groups is 1. The number of carbonyl (C=O) groups is 1. The summed E-state index contributed by atoms with van der Waals surface area (Å²) in [5, 5.41) is 0.220. The SMILES string of the molecule is CC(C)=CCC[C@](C)(O[Si](C)(C)C)[C@H]1CC[C@](COC(=S)n2ccnc2)(C(=O)O[C@H]2CCCC[C@@H]2C(C)(C)c2ccccc2)O1. The maximum atomic E-state index is 14.5. The first kappa shape index (κ1) is 35.5. The Balaban J connectivity index is 1.61. The Hall–Kier alpha value is -2.33. The molecule has 0 radical (unpaired) electrons. The highest BCUT2D eigenvalue weighted by atomic mass is 32.1. The molecule has 1 aliphatic carbocycles. The number of rotatable bonds is 12. The molecule has 1 aromatic heterocycles. The van der Waals surface area contributed by atoms with E-state index in [-0.39, 0.29) is 41.3 Å². The first-order valence-corrected chi connectivity index (χ1v) is 20.4. The van der Waals surface area contributed by atoms with Crippen LogP contribution in [0.15, 0.2) is 60.7 Å². The van der Waals surface area contributed by atoms with Crippen LogP contribution >= 0.6 is 12.2 Å². The average Bonchev–Trinajstić information content (AvgIpc) is 3.68. The molecule has 0 N–H and O–H groups in total. The van der Waals surface area contributed by atoms with Gasteiger partial charge in [0, 0.05) is 18.3 Å². The molecular formula is C36H54N2O5SSi. The summed E-state index contributed by atoms with van der Waals surface area (Å²) < 4.78 is 28.0. The molecule has 4 rings (SSSR count). The molecule has 0 spiro atoms. The fourth-order valence-corrected chi connectivity index (χ4v) is 8.93. The Morgan fingerprint density at radius 3 is 2.49 bits per heavy atom. The molecule has 2 aliphatic rings. The summed E-state index contributed by atoms with van der Waals surface area (Å²) in [6.45, 7) is 17.5. The topological polar surface area (TPSA) is 71.8 Å². The summed E-state index contributed by atoms with van der Waals surface area (Å²) >= 11 is 5.55. The van der Waals surface area contributed by atoms with Gasteiger partial charge in [-0.3, -0.25) is 4.57 Å². The number of nitrogens with zero attached hydrogens (tertiary/aromatic N) is 2. The van der Waals surface area contributed by atoms with Gasteiger partial charge in [-0.25, -0.2) is 9.78 Å². The Morgan fingerprint density at radius 2 is 1.84 bits per heavy atom. The number of allylic oxidation sites excluding steroid dienone is 2. The van der Waals surface area contributed by atoms with Gasteiger partial charge in [-0.15, -0.1) is 0 Å². The number of hydrogen-bond donors (Lipinski definition) is 0. The van der Waals surface area contributed by atoms with E-state index in [4.69, 9.17) is 30.9 Å². The van der Waals surface area contributed by atoms with Crippen molar-refractivity contribution in [2.24, 2.45) is 5.92 Å². The monoisotopic (exact) mass is 654 g/mol. The van der Waals surface area contributed by atoms with Crippen LogP contribution in [0.25, 0.3) is 0 Å². The van der Waals surface area contributed by atoms with Crippen LogP contribution in [0.3, 0.4) is 0 Å². The van der Waals surface area contributed by atoms with E-state index >= 15 is 0 Å². The highest BCUT2D eigenvalue weighted by molar-refractivity contribution is 7.80. The molecule has 45 heavy (non-hydrogen) atoms. The van der Waals surface area contributed by atoms with Crippen molar-refractivity contribution in [1.82, 2.24) is 9.55 Å². The largest absolute Gasteiger partial charge is 0.467 e. The van der Waals surface area contributed by atoms with Crippen LogP contribution < -0.4 is 0 Å². The molecule has 2 fully saturated rings. The second-order valence-corrected chi connectivity index (χ2v) is 19.7. The summed E-state index contributed by atoms with van der Waals surface area (Å²) in [5.74, 6) is -0.178. The predicted molar refractivity (Wildman–Crippen MR) is 186 cm³/mol. The zero-order valence-electron chi connectivity index (χ0n) is 28.6. The third kappa shape index (κ3) is 8.93. The van der Waals surface area contributed by atoms with Crippen molar-refractivity contribution in [2.75, 3.05) is 6.61 Å². The van der Waals surface area contributed by atoms with Crippen molar-refractivity contribution in [3.05, 3.63) is 66.3 Å². The molecule has 248 valence electrons. The van der Waals surface area contributed by atoms with Crippen molar-refractivity contribution < 1.29 is 23.4 Å². The van der Waals surface area contributed by atoms with E-state index in [1.807, 2.05) is 6.07 Å². The minimum absolute atomic E-state index is 0.0319. The first-order valence-electron chi connectivity index (χ1n) is 16.6. The lowest BCUT2D eigenvalue weighted by molar-refractivity contribution is -0.195. The normalized spacial score (nSPS) is 25.3. The standard InChI is InChI=1S/C36H54N2O5SSi/c1-27(2)15-14-21-35(5,43-45(6,7)8)31-20-22-36(42-31,25-40-33(44)38-24-23-37-26-38)32(39)41-30-19-13-12-18-29(30)34(3,4)28-16-10-9-11-17-28/h9-11,15-17,23-24,26,29-31H,12-14,18-22,25H2,1-8H3/t29-,30-,31+,35-,36-/m0/s1. The quantitative estimate of drug-likeness (QED) is 0.0985. The number of esters is 1. The van der Waals surface area contributed by atoms with E-state index in [0.717, 1.165) is 38.5 Å². The minimum atomic E-state index is -1.96. The van der Waals surface area contributed by atoms with Crippen molar-refractivity contribution in [3.63, 3.8) is 0 Å². The second-order valence-electron chi connectivity index (χ2n) is 14.9. The number of hydrogen-bond acceptors (Lipinski definition) is 7. The van der Waals surface area contributed by atoms with E-state index in [1.165, 1.54) is 11.1 Å². The molecule has 1 saturated carbocycles. The molecule has 5 atom stereocenters. The molecule has 9 heteroatoms. The lowest BCUT2D eigenvalue weighted by Gasteiger charge is -2.44. The smallest absolute Gasteiger partial charge is 0.342 e. The maximum Gasteiger partial charge on any atom is 0.342 e. The van der Waals surface area contributed by atoms with Gasteiger partial charge in [0.2, 0.25) is 0 Å². The highest BCUT2D eigenvalue weighted by Gasteiger charge is 2.55. The third-order valence-electron chi connectivity index (χ3n) is 9.51. The zero-order valence-corrected chi connectivity index (χ0v) is 30.5. The maximum absolute atomic E-state index is 14.5. The van der Waals surface area contributed by atoms with Gasteiger partial charge in [-0.2, -0.15) is 0 Å². The van der Waals surface area contributed by atoms with Crippen LogP contribution in [0.1, 0.15) is 91.5 Å². The molecule has 7 nitrogen and oxygen atoms in total. The van der Waals surface area contributed by atoms with Gasteiger partial charge in [0.1, 0.15) is 19.0 Å².